The van der Waals surface area contributed by atoms with Gasteiger partial charge < -0.3 is 0 Å². The molecule has 0 radical (unpaired) electrons. The van der Waals surface area contributed by atoms with Gasteiger partial charge in [0.05, 0.1) is 0 Å². The maximum atomic E-state index is 4.00. The van der Waals surface area contributed by atoms with Gasteiger partial charge in [-0.3, -0.25) is 0 Å². The van der Waals surface area contributed by atoms with Crippen molar-refractivity contribution in [1.29, 1.82) is 0 Å². The smallest absolute Gasteiger partial charge is 0.0307 e. The zero-order chi connectivity index (χ0) is 13.2. The minimum atomic E-state index is 1.14. The van der Waals surface area contributed by atoms with Crippen molar-refractivity contribution in [3.8, 4) is 12.8 Å². The fraction of sp³-hybridized carbons (Fsp3) is 0.375. The van der Waals surface area contributed by atoms with E-state index in [0.29, 0.717) is 0 Å². The van der Waals surface area contributed by atoms with Crippen LogP contribution in [0.15, 0.2) is 42.5 Å². The minimum absolute atomic E-state index is 1.14. The second kappa shape index (κ2) is 23.4. The van der Waals surface area contributed by atoms with Crippen LogP contribution in [0.3, 0.4) is 0 Å². The maximum Gasteiger partial charge on any atom is -0.0307 e. The molecule has 0 aliphatic carbocycles. The zero-order valence-corrected chi connectivity index (χ0v) is 11.4. The van der Waals surface area contributed by atoms with Crippen LogP contribution in [0.25, 0.3) is 0 Å². The topological polar surface area (TPSA) is 0 Å². The predicted molar refractivity (Wildman–Crippen MR) is 77.5 cm³/mol. The molecule has 0 unspecified atom stereocenters. The van der Waals surface area contributed by atoms with Crippen LogP contribution in [0, 0.1) is 12.8 Å². The first-order valence-corrected chi connectivity index (χ1v) is 5.79. The molecule has 0 aliphatic rings. The molecule has 0 heteroatoms. The van der Waals surface area contributed by atoms with E-state index < -0.39 is 0 Å². The second-order valence-corrected chi connectivity index (χ2v) is 2.51. The normalized spacial score (nSPS) is 7.44. The lowest BCUT2D eigenvalue weighted by atomic mass is 10.2. The summed E-state index contributed by atoms with van der Waals surface area (Å²) in [7, 11) is 0. The van der Waals surface area contributed by atoms with E-state index in [1.165, 1.54) is 5.56 Å². The van der Waals surface area contributed by atoms with E-state index in [2.05, 4.69) is 44.0 Å². The van der Waals surface area contributed by atoms with Crippen LogP contribution in [0.1, 0.15) is 40.2 Å². The molecule has 0 N–H and O–H groups in total. The van der Waals surface area contributed by atoms with Crippen molar-refractivity contribution in [3.63, 3.8) is 0 Å². The molecule has 0 saturated carbocycles. The fourth-order valence-electron chi connectivity index (χ4n) is 0.714. The average Bonchev–Trinajstić information content (AvgIpc) is 2.44. The van der Waals surface area contributed by atoms with Crippen LogP contribution < -0.4 is 0 Å². The van der Waals surface area contributed by atoms with Gasteiger partial charge in [-0.1, -0.05) is 63.3 Å². The summed E-state index contributed by atoms with van der Waals surface area (Å²) in [6.45, 7) is 10.2. The summed E-state index contributed by atoms with van der Waals surface area (Å²) in [5.74, 6) is 0. The lowest BCUT2D eigenvalue weighted by Crippen LogP contribution is -1.73. The monoisotopic (exact) mass is 218 g/mol. The molecule has 0 aliphatic heterocycles. The Labute approximate surface area is 102 Å². The van der Waals surface area contributed by atoms with Gasteiger partial charge in [0.2, 0.25) is 0 Å². The molecule has 1 aromatic rings. The van der Waals surface area contributed by atoms with Crippen LogP contribution in [0.4, 0.5) is 0 Å². The number of hydrogen-bond acceptors (Lipinski definition) is 0. The molecule has 0 aromatic heterocycles. The van der Waals surface area contributed by atoms with Gasteiger partial charge in [0.1, 0.15) is 0 Å². The first-order chi connectivity index (χ1) is 7.85. The van der Waals surface area contributed by atoms with Crippen molar-refractivity contribution in [1.82, 2.24) is 0 Å². The van der Waals surface area contributed by atoms with Crippen LogP contribution in [0.2, 0.25) is 0 Å². The van der Waals surface area contributed by atoms with Gasteiger partial charge in [0.15, 0.2) is 0 Å². The molecule has 1 rings (SSSR count). The molecular weight excluding hydrogens is 192 g/mol. The quantitative estimate of drug-likeness (QED) is 0.454. The Morgan fingerprint density at radius 1 is 0.938 bits per heavy atom. The first-order valence-electron chi connectivity index (χ1n) is 5.79. The summed E-state index contributed by atoms with van der Waals surface area (Å²) in [5, 5.41) is 0. The number of rotatable bonds is 1. The molecule has 1 aromatic carbocycles. The summed E-state index contributed by atoms with van der Waals surface area (Å²) < 4.78 is 0. The molecule has 0 nitrogen and oxygen atoms in total. The molecule has 0 heterocycles. The Morgan fingerprint density at radius 3 is 1.50 bits per heavy atom. The highest BCUT2D eigenvalue weighted by Crippen LogP contribution is 1.96. The molecule has 0 amide bonds. The van der Waals surface area contributed by atoms with Crippen LogP contribution in [-0.2, 0) is 6.42 Å². The Kier molecular flexibility index (Phi) is 29.2. The first kappa shape index (κ1) is 20.0. The second-order valence-electron chi connectivity index (χ2n) is 2.51. The van der Waals surface area contributed by atoms with E-state index >= 15 is 0 Å². The van der Waals surface area contributed by atoms with Crippen molar-refractivity contribution in [3.05, 3.63) is 48.0 Å². The van der Waals surface area contributed by atoms with Crippen molar-refractivity contribution >= 4 is 0 Å². The number of hydrogen-bond donors (Lipinski definition) is 0. The SMILES string of the molecule is C#C.C/C=C/C.CC.CCc1ccccc1. The number of aryl methyl sites for hydroxylation is 1. The molecule has 0 fully saturated rings. The van der Waals surface area contributed by atoms with Gasteiger partial charge in [0, 0.05) is 0 Å². The number of allylic oxidation sites excluding steroid dienone is 2. The van der Waals surface area contributed by atoms with Crippen molar-refractivity contribution in [2.24, 2.45) is 0 Å². The third kappa shape index (κ3) is 18.3. The van der Waals surface area contributed by atoms with E-state index in [1.54, 1.807) is 0 Å². The van der Waals surface area contributed by atoms with Gasteiger partial charge >= 0.3 is 0 Å². The Balaban J connectivity index is -0.000000181. The van der Waals surface area contributed by atoms with E-state index in [1.807, 2.05) is 45.9 Å². The Morgan fingerprint density at radius 2 is 1.31 bits per heavy atom. The Bertz CT molecular complexity index is 225. The highest BCUT2D eigenvalue weighted by atomic mass is 13.9. The average molecular weight is 218 g/mol. The van der Waals surface area contributed by atoms with E-state index in [4.69, 9.17) is 0 Å². The predicted octanol–water partition coefficient (Wildman–Crippen LogP) is 5.11. The van der Waals surface area contributed by atoms with E-state index in [9.17, 15) is 0 Å². The lowest BCUT2D eigenvalue weighted by Gasteiger charge is -1.89. The van der Waals surface area contributed by atoms with Gasteiger partial charge in [-0.15, -0.1) is 12.8 Å². The van der Waals surface area contributed by atoms with Crippen molar-refractivity contribution < 1.29 is 0 Å². The van der Waals surface area contributed by atoms with Gasteiger partial charge in [-0.2, -0.15) is 0 Å². The van der Waals surface area contributed by atoms with Crippen LogP contribution in [-0.4, -0.2) is 0 Å². The zero-order valence-electron chi connectivity index (χ0n) is 11.4. The molecule has 0 spiro atoms. The number of benzene rings is 1. The van der Waals surface area contributed by atoms with Crippen LogP contribution in [0.5, 0.6) is 0 Å². The third-order valence-corrected chi connectivity index (χ3v) is 1.58. The molecule has 0 atom stereocenters. The highest BCUT2D eigenvalue weighted by Gasteiger charge is 1.79. The Hall–Kier alpha value is -1.48. The number of terminal acetylenes is 1. The molecule has 0 saturated heterocycles. The molecule has 16 heavy (non-hydrogen) atoms. The van der Waals surface area contributed by atoms with Gasteiger partial charge in [-0.05, 0) is 25.8 Å². The van der Waals surface area contributed by atoms with Crippen molar-refractivity contribution in [2.75, 3.05) is 0 Å². The largest absolute Gasteiger partial charge is 0.124 e. The molecule has 0 bridgehead atoms. The van der Waals surface area contributed by atoms with Gasteiger partial charge in [-0.25, -0.2) is 0 Å². The molecule has 90 valence electrons. The summed E-state index contributed by atoms with van der Waals surface area (Å²) in [5.41, 5.74) is 1.41. The standard InChI is InChI=1S/C8H10.C4H8.C2H6.C2H2/c1-2-8-6-4-3-5-7-8;1-3-4-2;2*1-2/h3-7H,2H2,1H3;3-4H,1-2H3;1-2H3;1-2H/b;4-3+;;. The van der Waals surface area contributed by atoms with Gasteiger partial charge in [0.25, 0.3) is 0 Å². The highest BCUT2D eigenvalue weighted by molar-refractivity contribution is 5.13. The van der Waals surface area contributed by atoms with Crippen LogP contribution >= 0.6 is 0 Å². The maximum absolute atomic E-state index is 4.00. The lowest BCUT2D eigenvalue weighted by molar-refractivity contribution is 1.14. The third-order valence-electron chi connectivity index (χ3n) is 1.58. The molecular formula is C16H26. The summed E-state index contributed by atoms with van der Waals surface area (Å²) >= 11 is 0. The summed E-state index contributed by atoms with van der Waals surface area (Å²) in [6.07, 6.45) is 13.1. The van der Waals surface area contributed by atoms with E-state index in [0.717, 1.165) is 6.42 Å². The minimum Gasteiger partial charge on any atom is -0.124 e. The van der Waals surface area contributed by atoms with Crippen molar-refractivity contribution in [2.45, 2.75) is 41.0 Å². The fourth-order valence-corrected chi connectivity index (χ4v) is 0.714. The summed E-state index contributed by atoms with van der Waals surface area (Å²) in [4.78, 5) is 0. The summed E-state index contributed by atoms with van der Waals surface area (Å²) in [6, 6.07) is 10.5. The van der Waals surface area contributed by atoms with E-state index in [-0.39, 0.29) is 0 Å².